The second-order valence-electron chi connectivity index (χ2n) is 17.9. The molecule has 53 heavy (non-hydrogen) atoms. The zero-order valence-corrected chi connectivity index (χ0v) is 33.0. The van der Waals surface area contributed by atoms with Crippen molar-refractivity contribution < 1.29 is 19.1 Å². The van der Waals surface area contributed by atoms with Gasteiger partial charge in [-0.3, -0.25) is 19.4 Å². The molecule has 6 heterocycles. The normalized spacial score (nSPS) is 22.2. The summed E-state index contributed by atoms with van der Waals surface area (Å²) >= 11 is 0. The van der Waals surface area contributed by atoms with E-state index in [4.69, 9.17) is 4.74 Å². The first-order valence-electron chi connectivity index (χ1n) is 20.2. The molecule has 288 valence electrons. The number of anilines is 2. The first-order valence-corrected chi connectivity index (χ1v) is 20.2. The van der Waals surface area contributed by atoms with E-state index >= 15 is 0 Å². The molecule has 10 heteroatoms. The molecule has 2 aromatic rings. The lowest BCUT2D eigenvalue weighted by molar-refractivity contribution is -0.117. The van der Waals surface area contributed by atoms with Gasteiger partial charge in [0, 0.05) is 79.3 Å². The van der Waals surface area contributed by atoms with Crippen molar-refractivity contribution in [2.75, 3.05) is 75.2 Å². The Bertz CT molecular complexity index is 1650. The van der Waals surface area contributed by atoms with Gasteiger partial charge in [0.05, 0.1) is 11.4 Å². The molecule has 0 bridgehead atoms. The summed E-state index contributed by atoms with van der Waals surface area (Å²) in [5, 5.41) is 3.47. The largest absolute Gasteiger partial charge is 0.444 e. The van der Waals surface area contributed by atoms with Gasteiger partial charge in [0.1, 0.15) is 5.60 Å². The van der Waals surface area contributed by atoms with Crippen LogP contribution < -0.4 is 15.1 Å². The van der Waals surface area contributed by atoms with E-state index in [0.717, 1.165) is 96.6 Å². The summed E-state index contributed by atoms with van der Waals surface area (Å²) in [6.45, 7) is 21.2. The van der Waals surface area contributed by atoms with E-state index in [1.165, 1.54) is 67.0 Å². The molecule has 0 radical (unpaired) electrons. The van der Waals surface area contributed by atoms with Gasteiger partial charge >= 0.3 is 6.09 Å². The highest BCUT2D eigenvalue weighted by Crippen LogP contribution is 2.43. The van der Waals surface area contributed by atoms with Gasteiger partial charge in [-0.2, -0.15) is 0 Å². The Kier molecular flexibility index (Phi) is 11.0. The lowest BCUT2D eigenvalue weighted by Gasteiger charge is -2.54. The van der Waals surface area contributed by atoms with Crippen LogP contribution in [-0.4, -0.2) is 104 Å². The van der Waals surface area contributed by atoms with Crippen molar-refractivity contribution in [1.29, 1.82) is 0 Å². The van der Waals surface area contributed by atoms with E-state index in [2.05, 4.69) is 51.5 Å². The van der Waals surface area contributed by atoms with Crippen LogP contribution >= 0.6 is 0 Å². The highest BCUT2D eigenvalue weighted by molar-refractivity contribution is 5.94. The van der Waals surface area contributed by atoms with Crippen molar-refractivity contribution in [2.45, 2.75) is 105 Å². The fraction of sp³-hybridized carbons (Fsp3) is 0.651. The number of amides is 3. The lowest BCUT2D eigenvalue weighted by atomic mass is 9.72. The van der Waals surface area contributed by atoms with Gasteiger partial charge in [-0.15, -0.1) is 0 Å². The summed E-state index contributed by atoms with van der Waals surface area (Å²) in [7, 11) is 0. The van der Waals surface area contributed by atoms with Crippen LogP contribution in [0.15, 0.2) is 36.4 Å². The highest BCUT2D eigenvalue weighted by Gasteiger charge is 2.46. The second kappa shape index (κ2) is 15.3. The number of carbonyl (C=O) groups excluding carboxylic acids is 3. The molecule has 1 N–H and O–H groups in total. The van der Waals surface area contributed by atoms with E-state index in [9.17, 15) is 14.4 Å². The Morgan fingerprint density at radius 1 is 0.679 bits per heavy atom. The number of fused-ring (bicyclic) bond motifs is 2. The molecule has 0 saturated carbocycles. The van der Waals surface area contributed by atoms with Crippen LogP contribution in [0.1, 0.15) is 95.4 Å². The molecular weight excluding hydrogens is 665 g/mol. The van der Waals surface area contributed by atoms with E-state index in [1.807, 2.05) is 35.5 Å². The number of hydrogen-bond acceptors (Lipinski definition) is 7. The number of benzene rings is 2. The Hall–Kier alpha value is -3.47. The molecule has 3 amide bonds. The average Bonchev–Trinajstić information content (AvgIpc) is 3.10. The number of hydrogen-bond donors (Lipinski definition) is 1. The summed E-state index contributed by atoms with van der Waals surface area (Å²) in [4.78, 5) is 47.4. The smallest absolute Gasteiger partial charge is 0.410 e. The number of para-hydroxylation sites is 2. The number of ether oxygens (including phenoxy) is 1. The minimum Gasteiger partial charge on any atom is -0.444 e. The predicted molar refractivity (Wildman–Crippen MR) is 210 cm³/mol. The minimum absolute atomic E-state index is 0.137. The molecule has 8 rings (SSSR count). The minimum atomic E-state index is -0.442. The number of nitrogens with zero attached hydrogens (tertiary/aromatic N) is 5. The van der Waals surface area contributed by atoms with Gasteiger partial charge < -0.3 is 24.8 Å². The third-order valence-corrected chi connectivity index (χ3v) is 12.5. The third kappa shape index (κ3) is 8.45. The molecule has 6 aliphatic rings. The third-order valence-electron chi connectivity index (χ3n) is 12.5. The molecule has 0 atom stereocenters. The summed E-state index contributed by atoms with van der Waals surface area (Å²) in [6.07, 6.45) is 8.79. The standard InChI is InChI=1S/C24H35N3O3.C19H27N3O/c1-18(28)27-12-6-9-19-7-5-8-20(21(19)27)15-25-16-24(17-25)10-13-26(14-11-24)22(29)30-23(2,3)4;1-15(23)22-11-3-6-16-4-2-5-17(18(16)22)12-21-13-19(14-21)7-9-20-10-8-19/h5,7-8H,6,9-17H2,1-4H3;2,4-5,20H,3,6-14H2,1H3. The maximum Gasteiger partial charge on any atom is 0.410 e. The number of likely N-dealkylation sites (tertiary alicyclic amines) is 3. The van der Waals surface area contributed by atoms with Crippen LogP contribution in [-0.2, 0) is 40.3 Å². The van der Waals surface area contributed by atoms with Crippen molar-refractivity contribution in [3.05, 3.63) is 58.7 Å². The number of piperidine rings is 2. The Labute approximate surface area is 317 Å². The molecule has 0 aromatic heterocycles. The van der Waals surface area contributed by atoms with E-state index in [-0.39, 0.29) is 17.9 Å². The Balaban J connectivity index is 0.000000170. The van der Waals surface area contributed by atoms with Crippen molar-refractivity contribution in [1.82, 2.24) is 20.0 Å². The van der Waals surface area contributed by atoms with Crippen LogP contribution in [0.2, 0.25) is 0 Å². The second-order valence-corrected chi connectivity index (χ2v) is 17.9. The maximum atomic E-state index is 12.3. The zero-order chi connectivity index (χ0) is 37.4. The summed E-state index contributed by atoms with van der Waals surface area (Å²) in [5.74, 6) is 0.315. The molecular formula is C43H62N6O4. The topological polar surface area (TPSA) is 88.7 Å². The summed E-state index contributed by atoms with van der Waals surface area (Å²) < 4.78 is 5.52. The quantitative estimate of drug-likeness (QED) is 0.415. The number of rotatable bonds is 4. The summed E-state index contributed by atoms with van der Waals surface area (Å²) in [5.41, 5.74) is 8.06. The molecule has 0 unspecified atom stereocenters. The molecule has 2 spiro atoms. The van der Waals surface area contributed by atoms with Crippen LogP contribution in [0, 0.1) is 10.8 Å². The fourth-order valence-electron chi connectivity index (χ4n) is 9.94. The number of nitrogens with one attached hydrogen (secondary N) is 1. The number of aryl methyl sites for hydroxylation is 2. The van der Waals surface area contributed by atoms with Crippen molar-refractivity contribution in [2.24, 2.45) is 10.8 Å². The van der Waals surface area contributed by atoms with Gasteiger partial charge in [-0.05, 0) is 118 Å². The molecule has 0 aliphatic carbocycles. The molecule has 10 nitrogen and oxygen atoms in total. The fourth-order valence-corrected chi connectivity index (χ4v) is 9.94. The molecule has 2 aromatic carbocycles. The van der Waals surface area contributed by atoms with Crippen molar-refractivity contribution in [3.8, 4) is 0 Å². The van der Waals surface area contributed by atoms with Crippen LogP contribution in [0.5, 0.6) is 0 Å². The number of carbonyl (C=O) groups is 3. The van der Waals surface area contributed by atoms with Crippen LogP contribution in [0.25, 0.3) is 0 Å². The van der Waals surface area contributed by atoms with E-state index in [0.29, 0.717) is 10.8 Å². The Morgan fingerprint density at radius 3 is 1.57 bits per heavy atom. The van der Waals surface area contributed by atoms with E-state index in [1.54, 1.807) is 13.8 Å². The van der Waals surface area contributed by atoms with Gasteiger partial charge in [0.2, 0.25) is 11.8 Å². The first-order chi connectivity index (χ1) is 25.3. The maximum absolute atomic E-state index is 12.3. The molecule has 6 aliphatic heterocycles. The van der Waals surface area contributed by atoms with Gasteiger partial charge in [0.25, 0.3) is 0 Å². The highest BCUT2D eigenvalue weighted by atomic mass is 16.6. The predicted octanol–water partition coefficient (Wildman–Crippen LogP) is 5.99. The van der Waals surface area contributed by atoms with Crippen molar-refractivity contribution in [3.63, 3.8) is 0 Å². The average molecular weight is 727 g/mol. The monoisotopic (exact) mass is 726 g/mol. The van der Waals surface area contributed by atoms with Crippen LogP contribution in [0.4, 0.5) is 16.2 Å². The van der Waals surface area contributed by atoms with Gasteiger partial charge in [-0.1, -0.05) is 36.4 Å². The summed E-state index contributed by atoms with van der Waals surface area (Å²) in [6, 6.07) is 13.0. The van der Waals surface area contributed by atoms with E-state index < -0.39 is 5.60 Å². The SMILES string of the molecule is CC(=O)N1CCCc2cccc(CN3CC4(CCN(C(=O)OC(C)(C)C)CC4)C3)c21.CC(=O)N1CCCc2cccc(CN3CC4(CCNCC4)C3)c21. The zero-order valence-electron chi connectivity index (χ0n) is 33.0. The van der Waals surface area contributed by atoms with Crippen LogP contribution in [0.3, 0.4) is 0 Å². The molecule has 4 fully saturated rings. The van der Waals surface area contributed by atoms with Gasteiger partial charge in [-0.25, -0.2) is 4.79 Å². The van der Waals surface area contributed by atoms with Crippen molar-refractivity contribution >= 4 is 29.3 Å². The van der Waals surface area contributed by atoms with Gasteiger partial charge in [0.15, 0.2) is 0 Å². The molecule has 4 saturated heterocycles. The lowest BCUT2D eigenvalue weighted by Crippen LogP contribution is -2.60. The first kappa shape index (κ1) is 37.8. The Morgan fingerprint density at radius 2 is 1.13 bits per heavy atom.